The van der Waals surface area contributed by atoms with E-state index in [1.807, 2.05) is 0 Å². The smallest absolute Gasteiger partial charge is 0.232 e. The van der Waals surface area contributed by atoms with E-state index in [0.717, 1.165) is 0 Å². The average molecular weight is 136 g/mol. The number of rotatable bonds is 3. The lowest BCUT2D eigenvalue weighted by atomic mass is 10.2. The minimum atomic E-state index is -0.663. The van der Waals surface area contributed by atoms with Crippen LogP contribution in [0.3, 0.4) is 0 Å². The molecule has 0 amide bonds. The van der Waals surface area contributed by atoms with Crippen LogP contribution in [-0.2, 0) is 9.59 Å². The largest absolute Gasteiger partial charge is 0.283 e. The van der Waals surface area contributed by atoms with E-state index in [9.17, 15) is 9.59 Å². The highest BCUT2D eigenvalue weighted by Gasteiger charge is 2.03. The second-order valence-corrected chi connectivity index (χ2v) is 1.57. The van der Waals surface area contributed by atoms with Crippen LogP contribution in [0.4, 0.5) is 0 Å². The van der Waals surface area contributed by atoms with Crippen molar-refractivity contribution in [2.75, 3.05) is 0 Å². The summed E-state index contributed by atoms with van der Waals surface area (Å²) in [4.78, 5) is 20.4. The van der Waals surface area contributed by atoms with Crippen LogP contribution >= 0.6 is 0 Å². The Morgan fingerprint density at radius 1 is 1.00 bits per heavy atom. The molecule has 0 spiro atoms. The topological polar surface area (TPSA) is 81.7 Å². The zero-order valence-electron chi connectivity index (χ0n) is 5.13. The molecule has 0 atom stereocenters. The molecule has 0 aliphatic rings. The van der Waals surface area contributed by atoms with Gasteiger partial charge in [-0.2, -0.15) is 10.5 Å². The number of carbonyl (C=O) groups excluding carboxylic acids is 2. The molecule has 4 nitrogen and oxygen atoms in total. The highest BCUT2D eigenvalue weighted by Crippen LogP contribution is 1.89. The molecule has 0 rings (SSSR count). The van der Waals surface area contributed by atoms with Gasteiger partial charge in [0, 0.05) is 12.8 Å². The molecular formula is C6H4N2O2. The first-order valence-corrected chi connectivity index (χ1v) is 2.56. The Balaban J connectivity index is 3.61. The van der Waals surface area contributed by atoms with Crippen LogP contribution in [0.1, 0.15) is 12.8 Å². The number of Topliss-reactive ketones (excluding diaryl/α,β-unsaturated/α-hetero) is 2. The highest BCUT2D eigenvalue weighted by molar-refractivity contribution is 5.99. The fraction of sp³-hybridized carbons (Fsp3) is 0.333. The third-order valence-corrected chi connectivity index (χ3v) is 0.829. The van der Waals surface area contributed by atoms with Gasteiger partial charge in [0.1, 0.15) is 12.1 Å². The van der Waals surface area contributed by atoms with Crippen LogP contribution in [0, 0.1) is 22.7 Å². The van der Waals surface area contributed by atoms with Gasteiger partial charge in [0.05, 0.1) is 0 Å². The van der Waals surface area contributed by atoms with Crippen molar-refractivity contribution in [2.24, 2.45) is 0 Å². The van der Waals surface area contributed by atoms with E-state index in [2.05, 4.69) is 0 Å². The van der Waals surface area contributed by atoms with E-state index in [1.54, 1.807) is 0 Å². The third-order valence-electron chi connectivity index (χ3n) is 0.829. The summed E-state index contributed by atoms with van der Waals surface area (Å²) < 4.78 is 0. The van der Waals surface area contributed by atoms with Crippen molar-refractivity contribution in [3.63, 3.8) is 0 Å². The molecular weight excluding hydrogens is 132 g/mol. The van der Waals surface area contributed by atoms with Crippen LogP contribution in [0.5, 0.6) is 0 Å². The summed E-state index contributed by atoms with van der Waals surface area (Å²) >= 11 is 0. The molecule has 0 N–H and O–H groups in total. The first-order chi connectivity index (χ1) is 4.70. The van der Waals surface area contributed by atoms with E-state index in [0.29, 0.717) is 0 Å². The molecule has 0 bridgehead atoms. The summed E-state index contributed by atoms with van der Waals surface area (Å²) in [6, 6.07) is 2.69. The predicted molar refractivity (Wildman–Crippen MR) is 30.5 cm³/mol. The van der Waals surface area contributed by atoms with Crippen molar-refractivity contribution in [2.45, 2.75) is 12.8 Å². The molecule has 0 aliphatic carbocycles. The normalized spacial score (nSPS) is 7.40. The van der Waals surface area contributed by atoms with E-state index >= 15 is 0 Å². The van der Waals surface area contributed by atoms with E-state index in [-0.39, 0.29) is 12.8 Å². The van der Waals surface area contributed by atoms with E-state index < -0.39 is 11.6 Å². The number of ketones is 2. The maximum absolute atomic E-state index is 10.2. The molecule has 0 saturated carbocycles. The number of carbonyl (C=O) groups is 2. The van der Waals surface area contributed by atoms with Gasteiger partial charge in [0.2, 0.25) is 11.6 Å². The Bertz CT molecular complexity index is 205. The lowest BCUT2D eigenvalue weighted by Crippen LogP contribution is -1.98. The van der Waals surface area contributed by atoms with Gasteiger partial charge in [-0.15, -0.1) is 0 Å². The zero-order valence-corrected chi connectivity index (χ0v) is 5.13. The minimum absolute atomic E-state index is 0.150. The van der Waals surface area contributed by atoms with Gasteiger partial charge >= 0.3 is 0 Å². The molecule has 50 valence electrons. The van der Waals surface area contributed by atoms with Crippen LogP contribution in [0.25, 0.3) is 0 Å². The van der Waals surface area contributed by atoms with Crippen molar-refractivity contribution in [3.05, 3.63) is 0 Å². The Morgan fingerprint density at radius 3 is 1.50 bits per heavy atom. The highest BCUT2D eigenvalue weighted by atomic mass is 16.1. The predicted octanol–water partition coefficient (Wildman–Crippen LogP) is -0.0480. The maximum Gasteiger partial charge on any atom is 0.232 e. The lowest BCUT2D eigenvalue weighted by Gasteiger charge is -1.83. The maximum atomic E-state index is 10.2. The Morgan fingerprint density at radius 2 is 1.30 bits per heavy atom. The summed E-state index contributed by atoms with van der Waals surface area (Å²) in [6.07, 6.45) is -0.300. The zero-order chi connectivity index (χ0) is 7.98. The van der Waals surface area contributed by atoms with Gasteiger partial charge in [0.25, 0.3) is 0 Å². The molecule has 10 heavy (non-hydrogen) atoms. The molecule has 0 fully saturated rings. The van der Waals surface area contributed by atoms with Crippen molar-refractivity contribution >= 4 is 11.6 Å². The fourth-order valence-corrected chi connectivity index (χ4v) is 0.339. The summed E-state index contributed by atoms with van der Waals surface area (Å²) in [5.41, 5.74) is 0. The van der Waals surface area contributed by atoms with Gasteiger partial charge in [-0.1, -0.05) is 0 Å². The molecule has 0 aliphatic heterocycles. The standard InChI is InChI=1S/C6H4N2O2/c7-3-5(9)1-2-6(10)4-8/h1-2H2. The van der Waals surface area contributed by atoms with Gasteiger partial charge in [-0.05, 0) is 0 Å². The van der Waals surface area contributed by atoms with Crippen LogP contribution in [-0.4, -0.2) is 11.6 Å². The summed E-state index contributed by atoms with van der Waals surface area (Å²) in [5, 5.41) is 15.9. The van der Waals surface area contributed by atoms with E-state index in [4.69, 9.17) is 10.5 Å². The summed E-state index contributed by atoms with van der Waals surface area (Å²) in [5.74, 6) is -1.33. The number of hydrogen-bond acceptors (Lipinski definition) is 4. The lowest BCUT2D eigenvalue weighted by molar-refractivity contribution is -0.118. The fourth-order valence-electron chi connectivity index (χ4n) is 0.339. The minimum Gasteiger partial charge on any atom is -0.283 e. The molecule has 0 saturated heterocycles. The quantitative estimate of drug-likeness (QED) is 0.509. The summed E-state index contributed by atoms with van der Waals surface area (Å²) in [7, 11) is 0. The van der Waals surface area contributed by atoms with Crippen LogP contribution in [0.2, 0.25) is 0 Å². The van der Waals surface area contributed by atoms with Gasteiger partial charge in [-0.3, -0.25) is 9.59 Å². The van der Waals surface area contributed by atoms with Crippen molar-refractivity contribution < 1.29 is 9.59 Å². The summed E-state index contributed by atoms with van der Waals surface area (Å²) in [6.45, 7) is 0. The first kappa shape index (κ1) is 8.32. The molecule has 0 aromatic carbocycles. The number of hydrogen-bond donors (Lipinski definition) is 0. The Hall–Kier alpha value is -1.68. The Labute approximate surface area is 57.7 Å². The van der Waals surface area contributed by atoms with Gasteiger partial charge in [-0.25, -0.2) is 0 Å². The van der Waals surface area contributed by atoms with Crippen LogP contribution < -0.4 is 0 Å². The number of nitrogens with zero attached hydrogens (tertiary/aromatic N) is 2. The Kier molecular flexibility index (Phi) is 3.51. The molecule has 0 unspecified atom stereocenters. The average Bonchev–Trinajstić information content (AvgIpc) is 1.99. The van der Waals surface area contributed by atoms with Crippen molar-refractivity contribution in [3.8, 4) is 12.1 Å². The molecule has 0 heterocycles. The SMILES string of the molecule is N#CC(=O)CCC(=O)C#N. The first-order valence-electron chi connectivity index (χ1n) is 2.56. The third kappa shape index (κ3) is 3.34. The van der Waals surface area contributed by atoms with E-state index in [1.165, 1.54) is 12.1 Å². The van der Waals surface area contributed by atoms with Crippen LogP contribution in [0.15, 0.2) is 0 Å². The molecule has 0 aromatic rings. The molecule has 4 heteroatoms. The second kappa shape index (κ2) is 4.22. The van der Waals surface area contributed by atoms with Crippen molar-refractivity contribution in [1.82, 2.24) is 0 Å². The molecule has 0 aromatic heterocycles. The second-order valence-electron chi connectivity index (χ2n) is 1.57. The molecule has 0 radical (unpaired) electrons. The number of nitriles is 2. The van der Waals surface area contributed by atoms with Crippen molar-refractivity contribution in [1.29, 1.82) is 10.5 Å². The monoisotopic (exact) mass is 136 g/mol. The van der Waals surface area contributed by atoms with Gasteiger partial charge < -0.3 is 0 Å². The van der Waals surface area contributed by atoms with Gasteiger partial charge in [0.15, 0.2) is 0 Å².